The molecule has 3 nitrogen and oxygen atoms in total. The van der Waals surface area contributed by atoms with Gasteiger partial charge < -0.3 is 5.32 Å². The summed E-state index contributed by atoms with van der Waals surface area (Å²) in [6.07, 6.45) is 5.77. The van der Waals surface area contributed by atoms with Gasteiger partial charge in [0.2, 0.25) is 0 Å². The Labute approximate surface area is 105 Å². The number of aryl methyl sites for hydroxylation is 3. The van der Waals surface area contributed by atoms with E-state index in [0.717, 1.165) is 13.1 Å². The number of aromatic nitrogens is 2. The van der Waals surface area contributed by atoms with E-state index in [4.69, 9.17) is 0 Å². The molecule has 0 bridgehead atoms. The lowest BCUT2D eigenvalue weighted by Gasteiger charge is -2.03. The lowest BCUT2D eigenvalue weighted by molar-refractivity contribution is 0.629. The minimum atomic E-state index is 0.888. The third-order valence-corrected chi connectivity index (χ3v) is 4.56. The molecule has 4 heteroatoms. The Morgan fingerprint density at radius 2 is 2.35 bits per heavy atom. The standard InChI is InChI=1S/C13H17N3S/c1-16-11(5-6-15-16)8-14-9-12-7-10-3-2-4-13(10)17-12/h5-7,14H,2-4,8-9H2,1H3. The summed E-state index contributed by atoms with van der Waals surface area (Å²) in [6.45, 7) is 1.86. The van der Waals surface area contributed by atoms with Crippen LogP contribution in [0.15, 0.2) is 18.3 Å². The number of hydrogen-bond acceptors (Lipinski definition) is 3. The van der Waals surface area contributed by atoms with Crippen molar-refractivity contribution in [2.75, 3.05) is 0 Å². The van der Waals surface area contributed by atoms with Crippen molar-refractivity contribution < 1.29 is 0 Å². The molecule has 90 valence electrons. The average Bonchev–Trinajstić information content (AvgIpc) is 2.95. The molecule has 0 saturated carbocycles. The van der Waals surface area contributed by atoms with Crippen LogP contribution in [0.25, 0.3) is 0 Å². The van der Waals surface area contributed by atoms with E-state index >= 15 is 0 Å². The Hall–Kier alpha value is -1.13. The van der Waals surface area contributed by atoms with Gasteiger partial charge in [0.1, 0.15) is 0 Å². The first-order valence-corrected chi connectivity index (χ1v) is 6.92. The van der Waals surface area contributed by atoms with Crippen LogP contribution in [-0.2, 0) is 33.0 Å². The first-order chi connectivity index (χ1) is 8.33. The second kappa shape index (κ2) is 4.63. The third kappa shape index (κ3) is 2.28. The Kier molecular flexibility index (Phi) is 2.99. The van der Waals surface area contributed by atoms with Crippen molar-refractivity contribution in [2.24, 2.45) is 7.05 Å². The van der Waals surface area contributed by atoms with E-state index < -0.39 is 0 Å². The molecule has 1 aliphatic carbocycles. The summed E-state index contributed by atoms with van der Waals surface area (Å²) < 4.78 is 1.92. The molecule has 0 atom stereocenters. The molecule has 0 fully saturated rings. The molecule has 0 spiro atoms. The van der Waals surface area contributed by atoms with Crippen LogP contribution in [0.3, 0.4) is 0 Å². The van der Waals surface area contributed by atoms with Crippen LogP contribution < -0.4 is 5.32 Å². The summed E-state index contributed by atoms with van der Waals surface area (Å²) in [6, 6.07) is 4.44. The van der Waals surface area contributed by atoms with Gasteiger partial charge in [-0.05, 0) is 37.0 Å². The maximum Gasteiger partial charge on any atom is 0.0518 e. The van der Waals surface area contributed by atoms with Gasteiger partial charge in [-0.25, -0.2) is 0 Å². The predicted molar refractivity (Wildman–Crippen MR) is 70.1 cm³/mol. The van der Waals surface area contributed by atoms with E-state index in [9.17, 15) is 0 Å². The molecule has 2 heterocycles. The van der Waals surface area contributed by atoms with E-state index in [2.05, 4.69) is 22.5 Å². The number of hydrogen-bond donors (Lipinski definition) is 1. The summed E-state index contributed by atoms with van der Waals surface area (Å²) in [7, 11) is 1.98. The lowest BCUT2D eigenvalue weighted by Crippen LogP contribution is -2.14. The molecular weight excluding hydrogens is 230 g/mol. The van der Waals surface area contributed by atoms with Gasteiger partial charge in [-0.15, -0.1) is 11.3 Å². The van der Waals surface area contributed by atoms with Crippen LogP contribution in [-0.4, -0.2) is 9.78 Å². The molecule has 1 N–H and O–H groups in total. The molecule has 2 aromatic heterocycles. The molecular formula is C13H17N3S. The van der Waals surface area contributed by atoms with E-state index in [-0.39, 0.29) is 0 Å². The van der Waals surface area contributed by atoms with Crippen molar-refractivity contribution in [3.8, 4) is 0 Å². The summed E-state index contributed by atoms with van der Waals surface area (Å²) in [4.78, 5) is 3.08. The minimum Gasteiger partial charge on any atom is -0.306 e. The fraction of sp³-hybridized carbons (Fsp3) is 0.462. The molecule has 0 saturated heterocycles. The number of nitrogens with one attached hydrogen (secondary N) is 1. The van der Waals surface area contributed by atoms with Crippen LogP contribution in [0.4, 0.5) is 0 Å². The predicted octanol–water partition coefficient (Wildman–Crippen LogP) is 2.26. The smallest absolute Gasteiger partial charge is 0.0518 e. The maximum atomic E-state index is 4.16. The van der Waals surface area contributed by atoms with Gasteiger partial charge in [0.25, 0.3) is 0 Å². The molecule has 0 unspecified atom stereocenters. The topological polar surface area (TPSA) is 29.9 Å². The van der Waals surface area contributed by atoms with Gasteiger partial charge in [-0.2, -0.15) is 5.10 Å². The molecule has 3 rings (SSSR count). The van der Waals surface area contributed by atoms with Gasteiger partial charge in [-0.1, -0.05) is 0 Å². The first-order valence-electron chi connectivity index (χ1n) is 6.11. The normalized spacial score (nSPS) is 14.2. The van der Waals surface area contributed by atoms with Crippen LogP contribution in [0.5, 0.6) is 0 Å². The lowest BCUT2D eigenvalue weighted by atomic mass is 10.2. The largest absolute Gasteiger partial charge is 0.306 e. The van der Waals surface area contributed by atoms with Crippen LogP contribution in [0, 0.1) is 0 Å². The van der Waals surface area contributed by atoms with Crippen molar-refractivity contribution in [3.63, 3.8) is 0 Å². The third-order valence-electron chi connectivity index (χ3n) is 3.33. The summed E-state index contributed by atoms with van der Waals surface area (Å²) in [5.74, 6) is 0. The SMILES string of the molecule is Cn1nccc1CNCc1cc2c(s1)CCC2. The van der Waals surface area contributed by atoms with Crippen LogP contribution in [0.1, 0.15) is 27.4 Å². The molecule has 0 amide bonds. The Morgan fingerprint density at radius 1 is 1.41 bits per heavy atom. The monoisotopic (exact) mass is 247 g/mol. The van der Waals surface area contributed by atoms with Gasteiger partial charge in [-0.3, -0.25) is 4.68 Å². The summed E-state index contributed by atoms with van der Waals surface area (Å²) in [5, 5.41) is 7.65. The highest BCUT2D eigenvalue weighted by Crippen LogP contribution is 2.30. The van der Waals surface area contributed by atoms with Gasteiger partial charge in [0.15, 0.2) is 0 Å². The minimum absolute atomic E-state index is 0.888. The van der Waals surface area contributed by atoms with E-state index in [1.165, 1.54) is 29.8 Å². The fourth-order valence-electron chi connectivity index (χ4n) is 2.37. The van der Waals surface area contributed by atoms with E-state index in [1.807, 2.05) is 29.3 Å². The number of nitrogens with zero attached hydrogens (tertiary/aromatic N) is 2. The van der Waals surface area contributed by atoms with Crippen LogP contribution in [0.2, 0.25) is 0 Å². The molecule has 0 aliphatic heterocycles. The van der Waals surface area contributed by atoms with Crippen molar-refractivity contribution in [3.05, 3.63) is 39.3 Å². The highest BCUT2D eigenvalue weighted by molar-refractivity contribution is 7.12. The fourth-order valence-corrected chi connectivity index (χ4v) is 3.60. The number of thiophene rings is 1. The van der Waals surface area contributed by atoms with Gasteiger partial charge >= 0.3 is 0 Å². The number of rotatable bonds is 4. The van der Waals surface area contributed by atoms with Crippen LogP contribution >= 0.6 is 11.3 Å². The molecule has 0 radical (unpaired) electrons. The van der Waals surface area contributed by atoms with Crippen molar-refractivity contribution >= 4 is 11.3 Å². The highest BCUT2D eigenvalue weighted by atomic mass is 32.1. The molecule has 0 aromatic carbocycles. The highest BCUT2D eigenvalue weighted by Gasteiger charge is 2.14. The second-order valence-corrected chi connectivity index (χ2v) is 5.79. The first kappa shape index (κ1) is 11.0. The van der Waals surface area contributed by atoms with Crippen molar-refractivity contribution in [2.45, 2.75) is 32.4 Å². The number of fused-ring (bicyclic) bond motifs is 1. The molecule has 2 aromatic rings. The van der Waals surface area contributed by atoms with Crippen molar-refractivity contribution in [1.82, 2.24) is 15.1 Å². The Balaban J connectivity index is 1.56. The Bertz CT molecular complexity index is 491. The molecule has 1 aliphatic rings. The Morgan fingerprint density at radius 3 is 3.12 bits per heavy atom. The van der Waals surface area contributed by atoms with E-state index in [1.54, 1.807) is 10.4 Å². The molecule has 17 heavy (non-hydrogen) atoms. The summed E-state index contributed by atoms with van der Waals surface area (Å²) >= 11 is 1.98. The second-order valence-electron chi connectivity index (χ2n) is 4.56. The average molecular weight is 247 g/mol. The van der Waals surface area contributed by atoms with Gasteiger partial charge in [0.05, 0.1) is 5.69 Å². The zero-order valence-electron chi connectivity index (χ0n) is 10.1. The quantitative estimate of drug-likeness (QED) is 0.898. The summed E-state index contributed by atoms with van der Waals surface area (Å²) in [5.41, 5.74) is 2.82. The maximum absolute atomic E-state index is 4.16. The van der Waals surface area contributed by atoms with Crippen molar-refractivity contribution in [1.29, 1.82) is 0 Å². The van der Waals surface area contributed by atoms with E-state index in [0.29, 0.717) is 0 Å². The van der Waals surface area contributed by atoms with Gasteiger partial charge in [0, 0.05) is 36.1 Å². The zero-order valence-corrected chi connectivity index (χ0v) is 10.9. The zero-order chi connectivity index (χ0) is 11.7.